The highest BCUT2D eigenvalue weighted by molar-refractivity contribution is 5.77. The van der Waals surface area contributed by atoms with Gasteiger partial charge in [-0.3, -0.25) is 9.59 Å². The van der Waals surface area contributed by atoms with Crippen molar-refractivity contribution in [3.8, 4) is 0 Å². The number of amides is 1. The van der Waals surface area contributed by atoms with Crippen molar-refractivity contribution in [1.82, 2.24) is 5.32 Å². The van der Waals surface area contributed by atoms with E-state index in [-0.39, 0.29) is 24.9 Å². The Morgan fingerprint density at radius 1 is 0.448 bits per heavy atom. The van der Waals surface area contributed by atoms with Crippen LogP contribution < -0.4 is 5.32 Å². The van der Waals surface area contributed by atoms with Gasteiger partial charge >= 0.3 is 5.97 Å². The minimum atomic E-state index is -0.799. The van der Waals surface area contributed by atoms with Crippen LogP contribution in [0, 0.1) is 0 Å². The number of aliphatic hydroxyl groups excluding tert-OH is 2. The van der Waals surface area contributed by atoms with Crippen molar-refractivity contribution < 1.29 is 24.5 Å². The Labute approximate surface area is 415 Å². The minimum absolute atomic E-state index is 0.0567. The third-order valence-electron chi connectivity index (χ3n) is 12.8. The van der Waals surface area contributed by atoms with Crippen LogP contribution in [0.4, 0.5) is 0 Å². The molecule has 0 heterocycles. The summed E-state index contributed by atoms with van der Waals surface area (Å²) >= 11 is 0. The van der Waals surface area contributed by atoms with Gasteiger partial charge in [-0.05, 0) is 96.3 Å². The molecule has 0 fully saturated rings. The van der Waals surface area contributed by atoms with Gasteiger partial charge in [0.25, 0.3) is 0 Å². The van der Waals surface area contributed by atoms with Crippen molar-refractivity contribution >= 4 is 11.9 Å². The molecule has 388 valence electrons. The SMILES string of the molecule is CC/C=C\C/C=C\C/C=C\C/C=C\C/C=C\CCCCCC(=O)OC(CCCCCCC/C=C\CCCCCC)CC(=O)NC(CO)C(O)CCCCCCCCCCCCCCCCCC. The Bertz CT molecular complexity index is 1230. The van der Waals surface area contributed by atoms with Crippen LogP contribution >= 0.6 is 0 Å². The number of aliphatic hydroxyl groups is 2. The number of unbranched alkanes of at least 4 members (excludes halogenated alkanes) is 27. The second-order valence-electron chi connectivity index (χ2n) is 19.3. The summed E-state index contributed by atoms with van der Waals surface area (Å²) in [6, 6.07) is -0.714. The molecule has 0 radical (unpaired) electrons. The Kier molecular flexibility index (Phi) is 52.1. The molecule has 6 nitrogen and oxygen atoms in total. The molecule has 0 aliphatic carbocycles. The molecule has 0 aromatic heterocycles. The van der Waals surface area contributed by atoms with Crippen molar-refractivity contribution in [2.75, 3.05) is 6.61 Å². The molecule has 0 bridgehead atoms. The molecule has 0 rings (SSSR count). The third kappa shape index (κ3) is 49.5. The van der Waals surface area contributed by atoms with Gasteiger partial charge in [-0.15, -0.1) is 0 Å². The van der Waals surface area contributed by atoms with E-state index in [1.165, 1.54) is 128 Å². The zero-order valence-corrected chi connectivity index (χ0v) is 44.3. The number of nitrogens with one attached hydrogen (secondary N) is 1. The van der Waals surface area contributed by atoms with E-state index in [0.717, 1.165) is 103 Å². The van der Waals surface area contributed by atoms with Gasteiger partial charge in [0.15, 0.2) is 0 Å². The van der Waals surface area contributed by atoms with Crippen LogP contribution in [-0.4, -0.2) is 46.9 Å². The first-order chi connectivity index (χ1) is 33.0. The smallest absolute Gasteiger partial charge is 0.306 e. The van der Waals surface area contributed by atoms with Crippen molar-refractivity contribution in [2.45, 2.75) is 296 Å². The number of allylic oxidation sites excluding steroid dienone is 12. The molecule has 0 aliphatic heterocycles. The van der Waals surface area contributed by atoms with E-state index in [2.05, 4.69) is 99.0 Å². The zero-order chi connectivity index (χ0) is 48.8. The number of ether oxygens (including phenoxy) is 1. The van der Waals surface area contributed by atoms with Gasteiger partial charge in [0.1, 0.15) is 6.10 Å². The normalized spacial score (nSPS) is 13.7. The molecule has 3 N–H and O–H groups in total. The molecular formula is C61H109NO5. The first-order valence-corrected chi connectivity index (χ1v) is 28.7. The number of rotatable bonds is 51. The lowest BCUT2D eigenvalue weighted by Gasteiger charge is -2.24. The number of hydrogen-bond donors (Lipinski definition) is 3. The molecule has 1 amide bonds. The molecule has 0 aromatic rings. The predicted octanol–water partition coefficient (Wildman–Crippen LogP) is 17.7. The van der Waals surface area contributed by atoms with Gasteiger partial charge in [-0.2, -0.15) is 0 Å². The van der Waals surface area contributed by atoms with Crippen molar-refractivity contribution in [1.29, 1.82) is 0 Å². The molecule has 0 saturated carbocycles. The second kappa shape index (κ2) is 54.2. The van der Waals surface area contributed by atoms with E-state index >= 15 is 0 Å². The maximum absolute atomic E-state index is 13.3. The fraction of sp³-hybridized carbons (Fsp3) is 0.770. The van der Waals surface area contributed by atoms with Crippen LogP contribution in [0.5, 0.6) is 0 Å². The van der Waals surface area contributed by atoms with E-state index in [4.69, 9.17) is 4.74 Å². The lowest BCUT2D eigenvalue weighted by atomic mass is 10.0. The quantitative estimate of drug-likeness (QED) is 0.0321. The van der Waals surface area contributed by atoms with E-state index in [1.807, 2.05) is 0 Å². The second-order valence-corrected chi connectivity index (χ2v) is 19.3. The maximum atomic E-state index is 13.3. The van der Waals surface area contributed by atoms with Crippen LogP contribution in [-0.2, 0) is 14.3 Å². The van der Waals surface area contributed by atoms with Crippen LogP contribution in [0.1, 0.15) is 278 Å². The van der Waals surface area contributed by atoms with Crippen LogP contribution in [0.3, 0.4) is 0 Å². The molecule has 3 atom stereocenters. The summed E-state index contributed by atoms with van der Waals surface area (Å²) < 4.78 is 5.94. The van der Waals surface area contributed by atoms with Crippen molar-refractivity contribution in [3.63, 3.8) is 0 Å². The molecule has 0 aliphatic rings. The topological polar surface area (TPSA) is 95.9 Å². The molecule has 6 heteroatoms. The number of carbonyl (C=O) groups excluding carboxylic acids is 2. The maximum Gasteiger partial charge on any atom is 0.306 e. The van der Waals surface area contributed by atoms with Crippen molar-refractivity contribution in [2.24, 2.45) is 0 Å². The van der Waals surface area contributed by atoms with Crippen LogP contribution in [0.25, 0.3) is 0 Å². The fourth-order valence-electron chi connectivity index (χ4n) is 8.45. The van der Waals surface area contributed by atoms with E-state index in [0.29, 0.717) is 19.3 Å². The van der Waals surface area contributed by atoms with Crippen LogP contribution in [0.2, 0.25) is 0 Å². The summed E-state index contributed by atoms with van der Waals surface area (Å²) in [7, 11) is 0. The Balaban J connectivity index is 4.59. The van der Waals surface area contributed by atoms with Gasteiger partial charge in [0.05, 0.1) is 25.2 Å². The summed E-state index contributed by atoms with van der Waals surface area (Å²) in [5, 5.41) is 23.9. The number of hydrogen-bond acceptors (Lipinski definition) is 5. The van der Waals surface area contributed by atoms with E-state index < -0.39 is 18.2 Å². The third-order valence-corrected chi connectivity index (χ3v) is 12.8. The summed E-state index contributed by atoms with van der Waals surface area (Å²) in [6.07, 6.45) is 69.6. The van der Waals surface area contributed by atoms with Gasteiger partial charge in [-0.25, -0.2) is 0 Å². The molecule has 0 saturated heterocycles. The van der Waals surface area contributed by atoms with Crippen molar-refractivity contribution in [3.05, 3.63) is 72.9 Å². The van der Waals surface area contributed by atoms with Gasteiger partial charge < -0.3 is 20.3 Å². The Morgan fingerprint density at radius 3 is 1.25 bits per heavy atom. The highest BCUT2D eigenvalue weighted by Crippen LogP contribution is 2.18. The monoisotopic (exact) mass is 936 g/mol. The number of esters is 1. The molecule has 3 unspecified atom stereocenters. The average Bonchev–Trinajstić information content (AvgIpc) is 3.32. The summed E-state index contributed by atoms with van der Waals surface area (Å²) in [4.78, 5) is 26.3. The Morgan fingerprint density at radius 2 is 0.806 bits per heavy atom. The summed E-state index contributed by atoms with van der Waals surface area (Å²) in [5.74, 6) is -0.516. The lowest BCUT2D eigenvalue weighted by molar-refractivity contribution is -0.151. The van der Waals surface area contributed by atoms with Gasteiger partial charge in [-0.1, -0.05) is 241 Å². The molecular weight excluding hydrogens is 827 g/mol. The average molecular weight is 937 g/mol. The van der Waals surface area contributed by atoms with Gasteiger partial charge in [0, 0.05) is 6.42 Å². The largest absolute Gasteiger partial charge is 0.462 e. The lowest BCUT2D eigenvalue weighted by Crippen LogP contribution is -2.46. The number of carbonyl (C=O) groups is 2. The fourth-order valence-corrected chi connectivity index (χ4v) is 8.45. The Hall–Kier alpha value is -2.70. The highest BCUT2D eigenvalue weighted by Gasteiger charge is 2.24. The summed E-state index contributed by atoms with van der Waals surface area (Å²) in [6.45, 7) is 6.37. The zero-order valence-electron chi connectivity index (χ0n) is 44.3. The van der Waals surface area contributed by atoms with E-state index in [9.17, 15) is 19.8 Å². The first-order valence-electron chi connectivity index (χ1n) is 28.7. The van der Waals surface area contributed by atoms with E-state index in [1.54, 1.807) is 0 Å². The first kappa shape index (κ1) is 64.3. The van der Waals surface area contributed by atoms with Crippen LogP contribution in [0.15, 0.2) is 72.9 Å². The molecule has 0 spiro atoms. The molecule has 67 heavy (non-hydrogen) atoms. The predicted molar refractivity (Wildman–Crippen MR) is 291 cm³/mol. The standard InChI is InChI=1S/C61H109NO5/c1-4-7-10-13-16-19-22-25-27-29-30-31-33-36-39-42-45-48-51-54-61(66)67-57(52-49-46-43-40-37-34-24-21-18-15-12-9-6-3)55-60(65)62-58(56-63)59(64)53-50-47-44-41-38-35-32-28-26-23-20-17-14-11-8-5-2/h7,10,16,19,21,24-25,27,30-31,36,39,57-59,63-64H,4-6,8-9,11-15,17-18,20,22-23,26,28-29,32-35,37-38,40-56H2,1-3H3,(H,62,65)/b10-7-,19-16-,24-21-,27-25-,31-30-,39-36-. The minimum Gasteiger partial charge on any atom is -0.462 e. The summed E-state index contributed by atoms with van der Waals surface area (Å²) in [5.41, 5.74) is 0. The van der Waals surface area contributed by atoms with Gasteiger partial charge in [0.2, 0.25) is 5.91 Å². The molecule has 0 aromatic carbocycles. The highest BCUT2D eigenvalue weighted by atomic mass is 16.5.